The molecule has 1 aliphatic rings. The SMILES string of the molecule is CC(C)(C)OC(=O)N1CCC(Cc2ccc(F)cc2)(C(=O)O)CC1. The predicted octanol–water partition coefficient (Wildman–Crippen LogP) is 3.47. The van der Waals surface area contributed by atoms with Crippen molar-refractivity contribution in [3.8, 4) is 0 Å². The Labute approximate surface area is 141 Å². The van der Waals surface area contributed by atoms with Crippen LogP contribution in [-0.4, -0.2) is 40.8 Å². The Morgan fingerprint density at radius 3 is 2.21 bits per heavy atom. The van der Waals surface area contributed by atoms with Crippen LogP contribution in [0.1, 0.15) is 39.2 Å². The lowest BCUT2D eigenvalue weighted by Crippen LogP contribution is -2.48. The van der Waals surface area contributed by atoms with Gasteiger partial charge in [-0.15, -0.1) is 0 Å². The number of hydrogen-bond acceptors (Lipinski definition) is 3. The molecule has 0 aromatic heterocycles. The fourth-order valence-electron chi connectivity index (χ4n) is 2.90. The van der Waals surface area contributed by atoms with Gasteiger partial charge in [0.2, 0.25) is 0 Å². The van der Waals surface area contributed by atoms with E-state index in [2.05, 4.69) is 0 Å². The molecular formula is C18H24FNO4. The second kappa shape index (κ2) is 6.79. The van der Waals surface area contributed by atoms with Gasteiger partial charge < -0.3 is 14.7 Å². The maximum atomic E-state index is 13.0. The number of halogens is 1. The van der Waals surface area contributed by atoms with E-state index in [-0.39, 0.29) is 5.82 Å². The number of nitrogens with zero attached hydrogens (tertiary/aromatic N) is 1. The average molecular weight is 337 g/mol. The molecule has 1 aliphatic heterocycles. The lowest BCUT2D eigenvalue weighted by atomic mass is 9.74. The van der Waals surface area contributed by atoms with Gasteiger partial charge in [-0.3, -0.25) is 4.79 Å². The van der Waals surface area contributed by atoms with Crippen LogP contribution in [0.25, 0.3) is 0 Å². The number of amides is 1. The molecule has 0 atom stereocenters. The van der Waals surface area contributed by atoms with E-state index in [1.165, 1.54) is 12.1 Å². The van der Waals surface area contributed by atoms with E-state index in [0.717, 1.165) is 5.56 Å². The molecule has 5 nitrogen and oxygen atoms in total. The molecule has 0 bridgehead atoms. The Bertz CT molecular complexity index is 598. The zero-order chi connectivity index (χ0) is 18.0. The van der Waals surface area contributed by atoms with Crippen molar-refractivity contribution in [3.05, 3.63) is 35.6 Å². The first-order valence-electron chi connectivity index (χ1n) is 8.07. The van der Waals surface area contributed by atoms with Crippen molar-refractivity contribution in [2.75, 3.05) is 13.1 Å². The molecule has 0 saturated carbocycles. The molecule has 0 aliphatic carbocycles. The van der Waals surface area contributed by atoms with Gasteiger partial charge in [0.1, 0.15) is 11.4 Å². The molecule has 1 amide bonds. The van der Waals surface area contributed by atoms with E-state index in [0.29, 0.717) is 32.4 Å². The first kappa shape index (κ1) is 18.2. The summed E-state index contributed by atoms with van der Waals surface area (Å²) in [6, 6.07) is 5.89. The number of rotatable bonds is 3. The summed E-state index contributed by atoms with van der Waals surface area (Å²) in [5.41, 5.74) is -0.729. The van der Waals surface area contributed by atoms with Crippen molar-refractivity contribution >= 4 is 12.1 Å². The second-order valence-corrected chi connectivity index (χ2v) is 7.36. The van der Waals surface area contributed by atoms with Gasteiger partial charge in [0, 0.05) is 13.1 Å². The predicted molar refractivity (Wildman–Crippen MR) is 87.2 cm³/mol. The summed E-state index contributed by atoms with van der Waals surface area (Å²) >= 11 is 0. The number of carboxylic acid groups (broad SMARTS) is 1. The number of carbonyl (C=O) groups excluding carboxylic acids is 1. The Morgan fingerprint density at radius 1 is 1.21 bits per heavy atom. The zero-order valence-corrected chi connectivity index (χ0v) is 14.3. The third kappa shape index (κ3) is 4.46. The van der Waals surface area contributed by atoms with Crippen molar-refractivity contribution in [2.45, 2.75) is 45.6 Å². The molecule has 0 unspecified atom stereocenters. The summed E-state index contributed by atoms with van der Waals surface area (Å²) in [4.78, 5) is 25.5. The van der Waals surface area contributed by atoms with Crippen LogP contribution < -0.4 is 0 Å². The van der Waals surface area contributed by atoms with Crippen molar-refractivity contribution in [2.24, 2.45) is 5.41 Å². The quantitative estimate of drug-likeness (QED) is 0.917. The van der Waals surface area contributed by atoms with Crippen molar-refractivity contribution in [3.63, 3.8) is 0 Å². The van der Waals surface area contributed by atoms with Gasteiger partial charge in [-0.2, -0.15) is 0 Å². The molecule has 1 N–H and O–H groups in total. The number of carboxylic acids is 1. The minimum absolute atomic E-state index is 0.324. The molecule has 0 radical (unpaired) electrons. The maximum Gasteiger partial charge on any atom is 0.410 e. The minimum atomic E-state index is -0.934. The Hall–Kier alpha value is -2.11. The first-order chi connectivity index (χ1) is 11.1. The van der Waals surface area contributed by atoms with Gasteiger partial charge in [0.05, 0.1) is 5.41 Å². The average Bonchev–Trinajstić information content (AvgIpc) is 2.48. The first-order valence-corrected chi connectivity index (χ1v) is 8.07. The third-order valence-electron chi connectivity index (χ3n) is 4.28. The summed E-state index contributed by atoms with van der Waals surface area (Å²) < 4.78 is 18.4. The Kier molecular flexibility index (Phi) is 5.16. The monoisotopic (exact) mass is 337 g/mol. The number of benzene rings is 1. The Balaban J connectivity index is 2.05. The van der Waals surface area contributed by atoms with Gasteiger partial charge in [0.25, 0.3) is 0 Å². The van der Waals surface area contributed by atoms with Gasteiger partial charge in [-0.25, -0.2) is 9.18 Å². The highest BCUT2D eigenvalue weighted by Crippen LogP contribution is 2.36. The molecule has 1 heterocycles. The minimum Gasteiger partial charge on any atom is -0.481 e. The number of piperidine rings is 1. The highest BCUT2D eigenvalue weighted by Gasteiger charge is 2.43. The van der Waals surface area contributed by atoms with E-state index in [4.69, 9.17) is 4.74 Å². The molecule has 132 valence electrons. The molecule has 0 spiro atoms. The van der Waals surface area contributed by atoms with E-state index in [1.807, 2.05) is 0 Å². The van der Waals surface area contributed by atoms with Crippen molar-refractivity contribution in [1.82, 2.24) is 4.90 Å². The standard InChI is InChI=1S/C18H24FNO4/c1-17(2,3)24-16(23)20-10-8-18(9-11-20,15(21)22)12-13-4-6-14(19)7-5-13/h4-7H,8-12H2,1-3H3,(H,21,22). The van der Waals surface area contributed by atoms with Crippen LogP contribution in [0, 0.1) is 11.2 Å². The summed E-state index contributed by atoms with van der Waals surface area (Å²) in [5.74, 6) is -1.22. The van der Waals surface area contributed by atoms with Crippen LogP contribution in [0.3, 0.4) is 0 Å². The molecule has 1 fully saturated rings. The maximum absolute atomic E-state index is 13.0. The summed E-state index contributed by atoms with van der Waals surface area (Å²) in [6.45, 7) is 6.06. The fourth-order valence-corrected chi connectivity index (χ4v) is 2.90. The number of hydrogen-bond donors (Lipinski definition) is 1. The second-order valence-electron chi connectivity index (χ2n) is 7.36. The highest BCUT2D eigenvalue weighted by atomic mass is 19.1. The summed E-state index contributed by atoms with van der Waals surface area (Å²) in [7, 11) is 0. The van der Waals surface area contributed by atoms with Gasteiger partial charge >= 0.3 is 12.1 Å². The van der Waals surface area contributed by atoms with Crippen molar-refractivity contribution < 1.29 is 23.8 Å². The van der Waals surface area contributed by atoms with E-state index < -0.39 is 23.1 Å². The number of carbonyl (C=O) groups is 2. The number of aliphatic carboxylic acids is 1. The van der Waals surface area contributed by atoms with Crippen LogP contribution >= 0.6 is 0 Å². The molecule has 1 aromatic carbocycles. The highest BCUT2D eigenvalue weighted by molar-refractivity contribution is 5.76. The lowest BCUT2D eigenvalue weighted by Gasteiger charge is -2.39. The van der Waals surface area contributed by atoms with Crippen LogP contribution in [0.4, 0.5) is 9.18 Å². The summed E-state index contributed by atoms with van der Waals surface area (Å²) in [5, 5.41) is 9.71. The third-order valence-corrected chi connectivity index (χ3v) is 4.28. The van der Waals surface area contributed by atoms with Gasteiger partial charge in [-0.1, -0.05) is 12.1 Å². The largest absolute Gasteiger partial charge is 0.481 e. The fraction of sp³-hybridized carbons (Fsp3) is 0.556. The van der Waals surface area contributed by atoms with E-state index >= 15 is 0 Å². The topological polar surface area (TPSA) is 66.8 Å². The normalized spacial score (nSPS) is 17.4. The van der Waals surface area contributed by atoms with E-state index in [9.17, 15) is 19.1 Å². The van der Waals surface area contributed by atoms with Gasteiger partial charge in [-0.05, 0) is 57.7 Å². The summed E-state index contributed by atoms with van der Waals surface area (Å²) in [6.07, 6.45) is 0.603. The molecule has 2 rings (SSSR count). The molecule has 1 aromatic rings. The molecule has 6 heteroatoms. The van der Waals surface area contributed by atoms with Gasteiger partial charge in [0.15, 0.2) is 0 Å². The number of ether oxygens (including phenoxy) is 1. The molecule has 24 heavy (non-hydrogen) atoms. The number of likely N-dealkylation sites (tertiary alicyclic amines) is 1. The van der Waals surface area contributed by atoms with Crippen LogP contribution in [0.2, 0.25) is 0 Å². The smallest absolute Gasteiger partial charge is 0.410 e. The van der Waals surface area contributed by atoms with E-state index in [1.54, 1.807) is 37.8 Å². The lowest BCUT2D eigenvalue weighted by molar-refractivity contribution is -0.152. The van der Waals surface area contributed by atoms with Crippen LogP contribution in [0.15, 0.2) is 24.3 Å². The van der Waals surface area contributed by atoms with Crippen LogP contribution in [-0.2, 0) is 16.0 Å². The Morgan fingerprint density at radius 2 is 1.75 bits per heavy atom. The van der Waals surface area contributed by atoms with Crippen molar-refractivity contribution in [1.29, 1.82) is 0 Å². The van der Waals surface area contributed by atoms with Crippen LogP contribution in [0.5, 0.6) is 0 Å². The molecular weight excluding hydrogens is 313 g/mol. The molecule has 1 saturated heterocycles. The zero-order valence-electron chi connectivity index (χ0n) is 14.3.